The summed E-state index contributed by atoms with van der Waals surface area (Å²) >= 11 is 5.88. The van der Waals surface area contributed by atoms with Gasteiger partial charge in [-0.05, 0) is 42.8 Å². The molecule has 8 nitrogen and oxygen atoms in total. The van der Waals surface area contributed by atoms with Gasteiger partial charge in [0.1, 0.15) is 22.4 Å². The summed E-state index contributed by atoms with van der Waals surface area (Å²) in [6.45, 7) is 0. The Morgan fingerprint density at radius 2 is 2.00 bits per heavy atom. The van der Waals surface area contributed by atoms with Crippen molar-refractivity contribution >= 4 is 33.2 Å². The predicted molar refractivity (Wildman–Crippen MR) is 114 cm³/mol. The molecule has 4 rings (SSSR count). The zero-order valence-corrected chi connectivity index (χ0v) is 17.7. The second-order valence-electron chi connectivity index (χ2n) is 6.94. The number of anilines is 1. The summed E-state index contributed by atoms with van der Waals surface area (Å²) in [5.41, 5.74) is 1.57. The molecule has 10 heteroatoms. The van der Waals surface area contributed by atoms with E-state index in [0.29, 0.717) is 23.7 Å². The highest BCUT2D eigenvalue weighted by molar-refractivity contribution is 7.91. The standard InChI is InChI=1S/C20H19ClN4O4S/c1-29-15-7-5-13(6-8-15)17-11-19(23-20(26)16-3-2-4-18(21)22-16)25(24-17)14-9-10-30(27,28)12-14/h2-8,11,14H,9-10,12H2,1H3,(H,23,26). The van der Waals surface area contributed by atoms with Crippen molar-refractivity contribution in [1.29, 1.82) is 0 Å². The molecule has 1 aliphatic heterocycles. The first-order valence-corrected chi connectivity index (χ1v) is 11.4. The summed E-state index contributed by atoms with van der Waals surface area (Å²) in [4.78, 5) is 16.7. The topological polar surface area (TPSA) is 103 Å². The third-order valence-electron chi connectivity index (χ3n) is 4.87. The van der Waals surface area contributed by atoms with Crippen molar-refractivity contribution in [2.45, 2.75) is 12.5 Å². The van der Waals surface area contributed by atoms with Crippen molar-refractivity contribution in [2.75, 3.05) is 23.9 Å². The monoisotopic (exact) mass is 446 g/mol. The van der Waals surface area contributed by atoms with Gasteiger partial charge in [-0.3, -0.25) is 4.79 Å². The fourth-order valence-corrected chi connectivity index (χ4v) is 5.21. The molecule has 1 aliphatic rings. The molecule has 2 aromatic heterocycles. The van der Waals surface area contributed by atoms with Crippen LogP contribution < -0.4 is 10.1 Å². The van der Waals surface area contributed by atoms with Crippen molar-refractivity contribution in [2.24, 2.45) is 0 Å². The Morgan fingerprint density at radius 3 is 2.63 bits per heavy atom. The molecule has 0 bridgehead atoms. The quantitative estimate of drug-likeness (QED) is 0.603. The van der Waals surface area contributed by atoms with E-state index < -0.39 is 15.7 Å². The zero-order valence-electron chi connectivity index (χ0n) is 16.1. The second-order valence-corrected chi connectivity index (χ2v) is 9.56. The van der Waals surface area contributed by atoms with Gasteiger partial charge >= 0.3 is 0 Å². The number of sulfone groups is 1. The van der Waals surface area contributed by atoms with Gasteiger partial charge in [0.05, 0.1) is 30.4 Å². The van der Waals surface area contributed by atoms with Crippen molar-refractivity contribution in [3.05, 3.63) is 59.4 Å². The Labute approximate surface area is 178 Å². The van der Waals surface area contributed by atoms with Gasteiger partial charge in [0.15, 0.2) is 9.84 Å². The largest absolute Gasteiger partial charge is 0.497 e. The molecule has 1 atom stereocenters. The highest BCUT2D eigenvalue weighted by Crippen LogP contribution is 2.31. The minimum atomic E-state index is -3.13. The summed E-state index contributed by atoms with van der Waals surface area (Å²) in [7, 11) is -1.55. The number of benzene rings is 1. The van der Waals surface area contributed by atoms with Crippen molar-refractivity contribution < 1.29 is 17.9 Å². The molecule has 0 radical (unpaired) electrons. The lowest BCUT2D eigenvalue weighted by atomic mass is 10.1. The number of carbonyl (C=O) groups excluding carboxylic acids is 1. The fraction of sp³-hybridized carbons (Fsp3) is 0.250. The van der Waals surface area contributed by atoms with E-state index in [1.165, 1.54) is 0 Å². The Kier molecular flexibility index (Phi) is 5.48. The predicted octanol–water partition coefficient (Wildman–Crippen LogP) is 3.22. The van der Waals surface area contributed by atoms with Crippen LogP contribution in [-0.4, -0.2) is 47.7 Å². The molecule has 0 saturated carbocycles. The number of nitrogens with zero attached hydrogens (tertiary/aromatic N) is 3. The van der Waals surface area contributed by atoms with Crippen LogP contribution in [-0.2, 0) is 9.84 Å². The maximum absolute atomic E-state index is 12.7. The van der Waals surface area contributed by atoms with Crippen LogP contribution in [0, 0.1) is 0 Å². The molecule has 3 heterocycles. The van der Waals surface area contributed by atoms with Crippen molar-refractivity contribution in [3.63, 3.8) is 0 Å². The lowest BCUT2D eigenvalue weighted by Gasteiger charge is -2.13. The molecule has 1 saturated heterocycles. The van der Waals surface area contributed by atoms with Crippen LogP contribution >= 0.6 is 11.6 Å². The van der Waals surface area contributed by atoms with Gasteiger partial charge in [-0.25, -0.2) is 18.1 Å². The summed E-state index contributed by atoms with van der Waals surface area (Å²) in [6, 6.07) is 13.4. The van der Waals surface area contributed by atoms with E-state index in [1.807, 2.05) is 24.3 Å². The lowest BCUT2D eigenvalue weighted by molar-refractivity contribution is 0.102. The van der Waals surface area contributed by atoms with E-state index in [0.717, 1.165) is 5.56 Å². The second kappa shape index (κ2) is 8.08. The zero-order chi connectivity index (χ0) is 21.3. The minimum absolute atomic E-state index is 0.0188. The highest BCUT2D eigenvalue weighted by atomic mass is 35.5. The van der Waals surface area contributed by atoms with E-state index >= 15 is 0 Å². The molecule has 3 aromatic rings. The van der Waals surface area contributed by atoms with Gasteiger partial charge in [0, 0.05) is 11.6 Å². The summed E-state index contributed by atoms with van der Waals surface area (Å²) in [6.07, 6.45) is 0.435. The number of aromatic nitrogens is 3. The molecular weight excluding hydrogens is 428 g/mol. The molecule has 1 N–H and O–H groups in total. The number of carbonyl (C=O) groups is 1. The first kappa shape index (κ1) is 20.4. The van der Waals surface area contributed by atoms with Gasteiger partial charge in [-0.15, -0.1) is 0 Å². The smallest absolute Gasteiger partial charge is 0.275 e. The number of methoxy groups -OCH3 is 1. The summed E-state index contributed by atoms with van der Waals surface area (Å²) < 4.78 is 30.7. The number of rotatable bonds is 5. The van der Waals surface area contributed by atoms with Gasteiger partial charge in [0.2, 0.25) is 0 Å². The molecule has 0 spiro atoms. The number of nitrogens with one attached hydrogen (secondary N) is 1. The van der Waals surface area contributed by atoms with Crippen LogP contribution in [0.15, 0.2) is 48.5 Å². The average Bonchev–Trinajstić information content (AvgIpc) is 3.31. The average molecular weight is 447 g/mol. The Morgan fingerprint density at radius 1 is 1.23 bits per heavy atom. The number of halogens is 1. The third kappa shape index (κ3) is 4.31. The maximum Gasteiger partial charge on any atom is 0.275 e. The number of ether oxygens (including phenoxy) is 1. The number of hydrogen-bond donors (Lipinski definition) is 1. The number of hydrogen-bond acceptors (Lipinski definition) is 6. The Balaban J connectivity index is 1.69. The molecule has 30 heavy (non-hydrogen) atoms. The number of pyridine rings is 1. The Hall–Kier alpha value is -2.91. The normalized spacial score (nSPS) is 17.6. The van der Waals surface area contributed by atoms with Gasteiger partial charge in [-0.2, -0.15) is 5.10 Å². The molecule has 1 aromatic carbocycles. The third-order valence-corrected chi connectivity index (χ3v) is 6.83. The van der Waals surface area contributed by atoms with Crippen LogP contribution in [0.3, 0.4) is 0 Å². The van der Waals surface area contributed by atoms with E-state index in [-0.39, 0.29) is 28.4 Å². The first-order valence-electron chi connectivity index (χ1n) is 9.23. The van der Waals surface area contributed by atoms with E-state index in [1.54, 1.807) is 36.1 Å². The van der Waals surface area contributed by atoms with E-state index in [4.69, 9.17) is 16.3 Å². The summed E-state index contributed by atoms with van der Waals surface area (Å²) in [5, 5.41) is 7.60. The summed E-state index contributed by atoms with van der Waals surface area (Å²) in [5.74, 6) is 0.726. The van der Waals surface area contributed by atoms with Crippen LogP contribution in [0.5, 0.6) is 5.75 Å². The number of amides is 1. The van der Waals surface area contributed by atoms with E-state index in [2.05, 4.69) is 15.4 Å². The van der Waals surface area contributed by atoms with Crippen molar-refractivity contribution in [1.82, 2.24) is 14.8 Å². The van der Waals surface area contributed by atoms with Gasteiger partial charge in [-0.1, -0.05) is 17.7 Å². The molecular formula is C20H19ClN4O4S. The van der Waals surface area contributed by atoms with Crippen LogP contribution in [0.4, 0.5) is 5.82 Å². The minimum Gasteiger partial charge on any atom is -0.497 e. The van der Waals surface area contributed by atoms with Gasteiger partial charge < -0.3 is 10.1 Å². The van der Waals surface area contributed by atoms with E-state index in [9.17, 15) is 13.2 Å². The van der Waals surface area contributed by atoms with Crippen molar-refractivity contribution in [3.8, 4) is 17.0 Å². The van der Waals surface area contributed by atoms with Gasteiger partial charge in [0.25, 0.3) is 5.91 Å². The highest BCUT2D eigenvalue weighted by Gasteiger charge is 2.32. The fourth-order valence-electron chi connectivity index (χ4n) is 3.35. The molecule has 156 valence electrons. The SMILES string of the molecule is COc1ccc(-c2cc(NC(=O)c3cccc(Cl)n3)n(C3CCS(=O)(=O)C3)n2)cc1. The Bertz CT molecular complexity index is 1190. The van der Waals surface area contributed by atoms with Crippen LogP contribution in [0.2, 0.25) is 5.15 Å². The lowest BCUT2D eigenvalue weighted by Crippen LogP contribution is -2.20. The van der Waals surface area contributed by atoms with Crippen LogP contribution in [0.1, 0.15) is 23.0 Å². The molecule has 1 unspecified atom stereocenters. The molecule has 1 fully saturated rings. The molecule has 1 amide bonds. The first-order chi connectivity index (χ1) is 14.3. The molecule has 0 aliphatic carbocycles. The maximum atomic E-state index is 12.7. The van der Waals surface area contributed by atoms with Crippen LogP contribution in [0.25, 0.3) is 11.3 Å².